The Bertz CT molecular complexity index is 388. The molecule has 1 aromatic rings. The second-order valence-corrected chi connectivity index (χ2v) is 4.92. The monoisotopic (exact) mass is 233 g/mol. The van der Waals surface area contributed by atoms with Gasteiger partial charge in [0.2, 0.25) is 0 Å². The molecule has 3 rings (SSSR count). The molecule has 2 N–H and O–H groups in total. The van der Waals surface area contributed by atoms with Gasteiger partial charge in [0.05, 0.1) is 0 Å². The molecule has 2 aliphatic rings. The lowest BCUT2D eigenvalue weighted by Crippen LogP contribution is -2.27. The van der Waals surface area contributed by atoms with Crippen LogP contribution in [0.5, 0.6) is 0 Å². The van der Waals surface area contributed by atoms with Crippen molar-refractivity contribution in [3.05, 3.63) is 12.4 Å². The molecular formula is C12H19N5. The van der Waals surface area contributed by atoms with E-state index in [-0.39, 0.29) is 0 Å². The van der Waals surface area contributed by atoms with Crippen molar-refractivity contribution in [1.82, 2.24) is 9.97 Å². The molecule has 0 aliphatic carbocycles. The Morgan fingerprint density at radius 3 is 2.41 bits per heavy atom. The zero-order valence-corrected chi connectivity index (χ0v) is 10.0. The fourth-order valence-electron chi connectivity index (χ4n) is 2.62. The largest absolute Gasteiger partial charge is 0.356 e. The molecule has 17 heavy (non-hydrogen) atoms. The predicted octanol–water partition coefficient (Wildman–Crippen LogP) is 0.614. The highest BCUT2D eigenvalue weighted by molar-refractivity contribution is 5.51. The third kappa shape index (κ3) is 2.20. The lowest BCUT2D eigenvalue weighted by Gasteiger charge is -2.20. The molecule has 0 amide bonds. The first-order valence-electron chi connectivity index (χ1n) is 6.40. The Balaban J connectivity index is 1.78. The van der Waals surface area contributed by atoms with E-state index in [0.29, 0.717) is 6.04 Å². The molecule has 3 heterocycles. The summed E-state index contributed by atoms with van der Waals surface area (Å²) in [7, 11) is 0. The molecule has 1 atom stereocenters. The van der Waals surface area contributed by atoms with Gasteiger partial charge in [-0.3, -0.25) is 0 Å². The lowest BCUT2D eigenvalue weighted by molar-refractivity contribution is 0.751. The maximum Gasteiger partial charge on any atom is 0.134 e. The van der Waals surface area contributed by atoms with Crippen LogP contribution in [-0.4, -0.2) is 42.2 Å². The molecule has 2 aliphatic heterocycles. The minimum Gasteiger partial charge on any atom is -0.356 e. The van der Waals surface area contributed by atoms with Crippen LogP contribution in [0.2, 0.25) is 0 Å². The van der Waals surface area contributed by atoms with Crippen molar-refractivity contribution in [2.45, 2.75) is 25.3 Å². The number of nitrogens with two attached hydrogens (primary N) is 1. The van der Waals surface area contributed by atoms with Crippen LogP contribution < -0.4 is 15.5 Å². The van der Waals surface area contributed by atoms with Crippen LogP contribution in [-0.2, 0) is 0 Å². The molecular weight excluding hydrogens is 214 g/mol. The minimum atomic E-state index is 0.292. The summed E-state index contributed by atoms with van der Waals surface area (Å²) in [4.78, 5) is 13.3. The highest BCUT2D eigenvalue weighted by Crippen LogP contribution is 2.23. The molecule has 2 saturated heterocycles. The van der Waals surface area contributed by atoms with Crippen LogP contribution in [0.15, 0.2) is 12.4 Å². The quantitative estimate of drug-likeness (QED) is 0.811. The molecule has 5 heteroatoms. The van der Waals surface area contributed by atoms with E-state index in [4.69, 9.17) is 5.73 Å². The van der Waals surface area contributed by atoms with E-state index in [9.17, 15) is 0 Å². The normalized spacial score (nSPS) is 24.6. The number of rotatable bonds is 2. The summed E-state index contributed by atoms with van der Waals surface area (Å²) in [5, 5.41) is 0. The highest BCUT2D eigenvalue weighted by Gasteiger charge is 2.21. The third-order valence-electron chi connectivity index (χ3n) is 3.62. The predicted molar refractivity (Wildman–Crippen MR) is 68.3 cm³/mol. The fraction of sp³-hybridized carbons (Fsp3) is 0.667. The van der Waals surface area contributed by atoms with Crippen LogP contribution in [0.25, 0.3) is 0 Å². The Kier molecular flexibility index (Phi) is 2.84. The first-order chi connectivity index (χ1) is 8.33. The van der Waals surface area contributed by atoms with E-state index >= 15 is 0 Å². The Morgan fingerprint density at radius 2 is 1.76 bits per heavy atom. The molecule has 1 unspecified atom stereocenters. The van der Waals surface area contributed by atoms with Gasteiger partial charge in [-0.2, -0.15) is 0 Å². The van der Waals surface area contributed by atoms with E-state index in [0.717, 1.165) is 44.2 Å². The number of nitrogens with zero attached hydrogens (tertiary/aromatic N) is 4. The van der Waals surface area contributed by atoms with Gasteiger partial charge in [-0.1, -0.05) is 0 Å². The summed E-state index contributed by atoms with van der Waals surface area (Å²) >= 11 is 0. The highest BCUT2D eigenvalue weighted by atomic mass is 15.3. The standard InChI is InChI=1S/C12H19N5/c13-10-3-6-17(8-10)12-7-11(14-9-15-12)16-4-1-2-5-16/h7,9-10H,1-6,8,13H2. The van der Waals surface area contributed by atoms with Crippen molar-refractivity contribution in [2.24, 2.45) is 5.73 Å². The van der Waals surface area contributed by atoms with Gasteiger partial charge >= 0.3 is 0 Å². The molecule has 2 fully saturated rings. The van der Waals surface area contributed by atoms with Gasteiger partial charge < -0.3 is 15.5 Å². The van der Waals surface area contributed by atoms with Crippen LogP contribution in [0.1, 0.15) is 19.3 Å². The van der Waals surface area contributed by atoms with Crippen LogP contribution in [0.3, 0.4) is 0 Å². The van der Waals surface area contributed by atoms with Gasteiger partial charge in [-0.05, 0) is 19.3 Å². The van der Waals surface area contributed by atoms with E-state index in [1.807, 2.05) is 0 Å². The van der Waals surface area contributed by atoms with E-state index in [2.05, 4.69) is 25.8 Å². The first-order valence-corrected chi connectivity index (χ1v) is 6.40. The molecule has 0 spiro atoms. The van der Waals surface area contributed by atoms with Crippen molar-refractivity contribution in [2.75, 3.05) is 36.0 Å². The molecule has 0 radical (unpaired) electrons. The van der Waals surface area contributed by atoms with Gasteiger partial charge in [0, 0.05) is 38.3 Å². The van der Waals surface area contributed by atoms with Crippen molar-refractivity contribution in [3.63, 3.8) is 0 Å². The van der Waals surface area contributed by atoms with Crippen molar-refractivity contribution in [3.8, 4) is 0 Å². The Hall–Kier alpha value is -1.36. The van der Waals surface area contributed by atoms with E-state index < -0.39 is 0 Å². The summed E-state index contributed by atoms with van der Waals surface area (Å²) < 4.78 is 0. The van der Waals surface area contributed by atoms with Crippen molar-refractivity contribution in [1.29, 1.82) is 0 Å². The summed E-state index contributed by atoms with van der Waals surface area (Å²) in [6.07, 6.45) is 5.28. The van der Waals surface area contributed by atoms with E-state index in [1.54, 1.807) is 6.33 Å². The SMILES string of the molecule is NC1CCN(c2cc(N3CCCC3)ncn2)C1. The summed E-state index contributed by atoms with van der Waals surface area (Å²) in [6.45, 7) is 4.17. The maximum absolute atomic E-state index is 5.93. The van der Waals surface area contributed by atoms with Crippen LogP contribution in [0, 0.1) is 0 Å². The number of anilines is 2. The van der Waals surface area contributed by atoms with Gasteiger partial charge in [0.1, 0.15) is 18.0 Å². The maximum atomic E-state index is 5.93. The van der Waals surface area contributed by atoms with Gasteiger partial charge in [0.25, 0.3) is 0 Å². The Labute approximate surface area is 102 Å². The second kappa shape index (κ2) is 4.49. The number of aromatic nitrogens is 2. The third-order valence-corrected chi connectivity index (χ3v) is 3.62. The molecule has 0 aromatic carbocycles. The van der Waals surface area contributed by atoms with Crippen LogP contribution >= 0.6 is 0 Å². The van der Waals surface area contributed by atoms with Crippen molar-refractivity contribution >= 4 is 11.6 Å². The molecule has 92 valence electrons. The van der Waals surface area contributed by atoms with E-state index in [1.165, 1.54) is 12.8 Å². The summed E-state index contributed by atoms with van der Waals surface area (Å²) in [5.74, 6) is 2.09. The van der Waals surface area contributed by atoms with Crippen molar-refractivity contribution < 1.29 is 0 Å². The molecule has 0 saturated carbocycles. The number of hydrogen-bond donors (Lipinski definition) is 1. The second-order valence-electron chi connectivity index (χ2n) is 4.92. The summed E-state index contributed by atoms with van der Waals surface area (Å²) in [6, 6.07) is 2.39. The van der Waals surface area contributed by atoms with Crippen LogP contribution in [0.4, 0.5) is 11.6 Å². The fourth-order valence-corrected chi connectivity index (χ4v) is 2.62. The zero-order valence-electron chi connectivity index (χ0n) is 10.0. The molecule has 0 bridgehead atoms. The molecule has 1 aromatic heterocycles. The zero-order chi connectivity index (χ0) is 11.7. The smallest absolute Gasteiger partial charge is 0.134 e. The first kappa shape index (κ1) is 10.8. The van der Waals surface area contributed by atoms with Gasteiger partial charge in [-0.25, -0.2) is 9.97 Å². The average Bonchev–Trinajstić information content (AvgIpc) is 3.00. The average molecular weight is 233 g/mol. The minimum absolute atomic E-state index is 0.292. The number of hydrogen-bond acceptors (Lipinski definition) is 5. The summed E-state index contributed by atoms with van der Waals surface area (Å²) in [5.41, 5.74) is 5.93. The Morgan fingerprint density at radius 1 is 1.06 bits per heavy atom. The van der Waals surface area contributed by atoms with Gasteiger partial charge in [0.15, 0.2) is 0 Å². The van der Waals surface area contributed by atoms with Gasteiger partial charge in [-0.15, -0.1) is 0 Å². The topological polar surface area (TPSA) is 58.3 Å². The molecule has 5 nitrogen and oxygen atoms in total. The lowest BCUT2D eigenvalue weighted by atomic mass is 10.3.